The Balaban J connectivity index is 1.69. The summed E-state index contributed by atoms with van der Waals surface area (Å²) in [5.41, 5.74) is 2.49. The zero-order valence-electron chi connectivity index (χ0n) is 15.7. The van der Waals surface area contributed by atoms with Crippen molar-refractivity contribution in [3.05, 3.63) is 65.2 Å². The van der Waals surface area contributed by atoms with Crippen LogP contribution in [0.5, 0.6) is 11.6 Å². The third kappa shape index (κ3) is 3.01. The lowest BCUT2D eigenvalue weighted by molar-refractivity contribution is 0.430. The summed E-state index contributed by atoms with van der Waals surface area (Å²) in [4.78, 5) is 17.0. The number of hydrogen-bond donors (Lipinski definition) is 0. The molecule has 0 N–H and O–H groups in total. The van der Waals surface area contributed by atoms with Crippen molar-refractivity contribution in [1.29, 1.82) is 0 Å². The van der Waals surface area contributed by atoms with Crippen molar-refractivity contribution >= 4 is 5.52 Å². The van der Waals surface area contributed by atoms with E-state index in [1.165, 1.54) is 4.57 Å². The van der Waals surface area contributed by atoms with Crippen LogP contribution in [0.4, 0.5) is 0 Å². The zero-order valence-corrected chi connectivity index (χ0v) is 15.7. The van der Waals surface area contributed by atoms with Crippen molar-refractivity contribution in [2.75, 3.05) is 0 Å². The first-order chi connectivity index (χ1) is 12.9. The molecule has 3 heterocycles. The van der Waals surface area contributed by atoms with E-state index in [0.717, 1.165) is 17.0 Å². The third-order valence-corrected chi connectivity index (χ3v) is 4.55. The Hall–Kier alpha value is -3.35. The summed E-state index contributed by atoms with van der Waals surface area (Å²) in [6.45, 7) is 4.09. The molecule has 0 unspecified atom stereocenters. The first kappa shape index (κ1) is 17.1. The fourth-order valence-corrected chi connectivity index (χ4v) is 3.07. The van der Waals surface area contributed by atoms with Gasteiger partial charge < -0.3 is 4.74 Å². The lowest BCUT2D eigenvalue weighted by Crippen LogP contribution is -2.20. The van der Waals surface area contributed by atoms with Gasteiger partial charge in [-0.25, -0.2) is 4.98 Å². The third-order valence-electron chi connectivity index (χ3n) is 4.55. The van der Waals surface area contributed by atoms with E-state index in [0.29, 0.717) is 17.1 Å². The molecule has 0 aliphatic carbocycles. The van der Waals surface area contributed by atoms with Gasteiger partial charge in [-0.1, -0.05) is 26.0 Å². The number of hydrogen-bond acceptors (Lipinski definition) is 4. The predicted octanol–water partition coefficient (Wildman–Crippen LogP) is 3.35. The molecule has 0 fully saturated rings. The Morgan fingerprint density at radius 3 is 2.37 bits per heavy atom. The van der Waals surface area contributed by atoms with E-state index < -0.39 is 0 Å². The number of aromatic nitrogens is 5. The quantitative estimate of drug-likeness (QED) is 0.558. The van der Waals surface area contributed by atoms with Gasteiger partial charge in [-0.15, -0.1) is 0 Å². The highest BCUT2D eigenvalue weighted by Gasteiger charge is 2.14. The molecule has 138 valence electrons. The summed E-state index contributed by atoms with van der Waals surface area (Å²) in [6.07, 6.45) is 7.21. The fourth-order valence-electron chi connectivity index (χ4n) is 3.07. The van der Waals surface area contributed by atoms with E-state index in [2.05, 4.69) is 10.1 Å². The molecule has 0 saturated carbocycles. The Labute approximate surface area is 156 Å². The van der Waals surface area contributed by atoms with Gasteiger partial charge >= 0.3 is 0 Å². The number of rotatable bonds is 4. The maximum Gasteiger partial charge on any atom is 0.279 e. The van der Waals surface area contributed by atoms with Gasteiger partial charge in [-0.05, 0) is 17.7 Å². The Morgan fingerprint density at radius 2 is 1.74 bits per heavy atom. The molecular weight excluding hydrogens is 342 g/mol. The zero-order chi connectivity index (χ0) is 19.1. The van der Waals surface area contributed by atoms with Gasteiger partial charge in [0.05, 0.1) is 18.6 Å². The molecule has 0 aliphatic heterocycles. The van der Waals surface area contributed by atoms with E-state index in [-0.39, 0.29) is 11.5 Å². The fraction of sp³-hybridized carbons (Fsp3) is 0.250. The van der Waals surface area contributed by atoms with Crippen LogP contribution >= 0.6 is 0 Å². The van der Waals surface area contributed by atoms with Crippen LogP contribution in [0, 0.1) is 0 Å². The minimum absolute atomic E-state index is 0.140. The van der Waals surface area contributed by atoms with Crippen LogP contribution in [0.15, 0.2) is 53.8 Å². The molecule has 7 nitrogen and oxygen atoms in total. The first-order valence-corrected chi connectivity index (χ1v) is 8.78. The predicted molar refractivity (Wildman–Crippen MR) is 103 cm³/mol. The average molecular weight is 363 g/mol. The van der Waals surface area contributed by atoms with E-state index in [4.69, 9.17) is 4.74 Å². The molecule has 4 aromatic rings. The molecule has 0 amide bonds. The van der Waals surface area contributed by atoms with Crippen molar-refractivity contribution in [3.8, 4) is 22.8 Å². The number of fused-ring (bicyclic) bond motifs is 1. The van der Waals surface area contributed by atoms with Crippen molar-refractivity contribution in [2.45, 2.75) is 19.8 Å². The first-order valence-electron chi connectivity index (χ1n) is 8.78. The Kier molecular flexibility index (Phi) is 4.07. The molecule has 27 heavy (non-hydrogen) atoms. The minimum atomic E-state index is -0.140. The largest absolute Gasteiger partial charge is 0.439 e. The molecule has 0 saturated heterocycles. The highest BCUT2D eigenvalue weighted by atomic mass is 16.5. The van der Waals surface area contributed by atoms with Crippen LogP contribution in [0.3, 0.4) is 0 Å². The molecule has 7 heteroatoms. The van der Waals surface area contributed by atoms with Gasteiger partial charge in [0.25, 0.3) is 5.56 Å². The van der Waals surface area contributed by atoms with Crippen LogP contribution in [0.25, 0.3) is 16.6 Å². The van der Waals surface area contributed by atoms with Crippen molar-refractivity contribution in [1.82, 2.24) is 23.7 Å². The molecule has 0 radical (unpaired) electrons. The number of imidazole rings is 1. The van der Waals surface area contributed by atoms with Crippen molar-refractivity contribution in [3.63, 3.8) is 0 Å². The molecule has 0 aliphatic rings. The normalized spacial score (nSPS) is 11.4. The minimum Gasteiger partial charge on any atom is -0.439 e. The second-order valence-corrected chi connectivity index (χ2v) is 6.89. The monoisotopic (exact) mass is 363 g/mol. The second kappa shape index (κ2) is 6.42. The average Bonchev–Trinajstić information content (AvgIpc) is 3.26. The van der Waals surface area contributed by atoms with Crippen molar-refractivity contribution in [2.24, 2.45) is 14.1 Å². The lowest BCUT2D eigenvalue weighted by Gasteiger charge is -2.12. The number of aryl methyl sites for hydroxylation is 1. The Morgan fingerprint density at radius 1 is 1.00 bits per heavy atom. The summed E-state index contributed by atoms with van der Waals surface area (Å²) < 4.78 is 11.1. The summed E-state index contributed by atoms with van der Waals surface area (Å²) in [5, 5.41) is 4.19. The van der Waals surface area contributed by atoms with Crippen LogP contribution in [0.1, 0.15) is 25.6 Å². The SMILES string of the molecule is CC(C)c1ncc2c(=O)n(C)c(Oc3ccc(-c4cnn(C)c4)cc3)cn12. The van der Waals surface area contributed by atoms with E-state index in [1.54, 1.807) is 17.9 Å². The van der Waals surface area contributed by atoms with E-state index in [9.17, 15) is 4.79 Å². The highest BCUT2D eigenvalue weighted by molar-refractivity contribution is 5.62. The smallest absolute Gasteiger partial charge is 0.279 e. The van der Waals surface area contributed by atoms with Crippen LogP contribution in [-0.4, -0.2) is 23.7 Å². The van der Waals surface area contributed by atoms with Gasteiger partial charge in [0.1, 0.15) is 17.1 Å². The summed E-state index contributed by atoms with van der Waals surface area (Å²) in [5.74, 6) is 2.15. The molecule has 1 aromatic carbocycles. The molecular formula is C20H21N5O2. The van der Waals surface area contributed by atoms with E-state index >= 15 is 0 Å². The standard InChI is InChI=1S/C20H21N5O2/c1-13(2)19-21-10-17-20(26)24(4)18(12-25(17)19)27-16-7-5-14(6-8-16)15-9-22-23(3)11-15/h5-13H,1-4H3. The maximum absolute atomic E-state index is 12.6. The summed E-state index contributed by atoms with van der Waals surface area (Å²) in [7, 11) is 3.59. The number of ether oxygens (including phenoxy) is 1. The maximum atomic E-state index is 12.6. The molecule has 4 rings (SSSR count). The number of benzene rings is 1. The van der Waals surface area contributed by atoms with Crippen molar-refractivity contribution < 1.29 is 4.74 Å². The van der Waals surface area contributed by atoms with Gasteiger partial charge in [0, 0.05) is 31.8 Å². The van der Waals surface area contributed by atoms with Gasteiger partial charge in [-0.2, -0.15) is 5.10 Å². The van der Waals surface area contributed by atoms with E-state index in [1.807, 2.05) is 68.2 Å². The van der Waals surface area contributed by atoms with Gasteiger partial charge in [0.2, 0.25) is 5.88 Å². The summed E-state index contributed by atoms with van der Waals surface area (Å²) >= 11 is 0. The molecule has 0 spiro atoms. The van der Waals surface area contributed by atoms with Crippen LogP contribution < -0.4 is 10.3 Å². The summed E-state index contributed by atoms with van der Waals surface area (Å²) in [6, 6.07) is 7.71. The van der Waals surface area contributed by atoms with Gasteiger partial charge in [-0.3, -0.25) is 18.4 Å². The lowest BCUT2D eigenvalue weighted by atomic mass is 10.1. The molecule has 0 bridgehead atoms. The topological polar surface area (TPSA) is 66.4 Å². The number of nitrogens with zero attached hydrogens (tertiary/aromatic N) is 5. The highest BCUT2D eigenvalue weighted by Crippen LogP contribution is 2.25. The van der Waals surface area contributed by atoms with Crippen LogP contribution in [-0.2, 0) is 14.1 Å². The molecule has 0 atom stereocenters. The van der Waals surface area contributed by atoms with Crippen LogP contribution in [0.2, 0.25) is 0 Å². The van der Waals surface area contributed by atoms with Gasteiger partial charge in [0.15, 0.2) is 0 Å². The second-order valence-electron chi connectivity index (χ2n) is 6.89. The Bertz CT molecular complexity index is 1170. The molecule has 3 aromatic heterocycles.